The SMILES string of the molecule is CO[C@@H](C(=O)NC1COc2ccccc2N(C(C)C)C1=O)[C@H](O)C(O)[C@H](O)/C=C/C(C)(C)C. The fraction of sp³-hybridized carbons (Fsp3) is 0.583. The van der Waals surface area contributed by atoms with Gasteiger partial charge in [0.15, 0.2) is 6.10 Å². The molecule has 0 bridgehead atoms. The van der Waals surface area contributed by atoms with Gasteiger partial charge in [-0.3, -0.25) is 9.59 Å². The van der Waals surface area contributed by atoms with E-state index in [9.17, 15) is 24.9 Å². The van der Waals surface area contributed by atoms with Crippen LogP contribution < -0.4 is 15.0 Å². The highest BCUT2D eigenvalue weighted by Gasteiger charge is 2.39. The second kappa shape index (κ2) is 11.1. The summed E-state index contributed by atoms with van der Waals surface area (Å²) in [5, 5.41) is 33.7. The maximum atomic E-state index is 13.2. The van der Waals surface area contributed by atoms with E-state index in [0.29, 0.717) is 11.4 Å². The molecule has 5 atom stereocenters. The predicted octanol–water partition coefficient (Wildman–Crippen LogP) is 1.01. The molecule has 1 aliphatic rings. The number of carbonyl (C=O) groups is 2. The number of ether oxygens (including phenoxy) is 2. The molecule has 2 rings (SSSR count). The summed E-state index contributed by atoms with van der Waals surface area (Å²) in [5.74, 6) is -0.669. The van der Waals surface area contributed by atoms with Crippen molar-refractivity contribution < 1.29 is 34.4 Å². The average Bonchev–Trinajstić information content (AvgIpc) is 2.88. The number of aliphatic hydroxyl groups excluding tert-OH is 3. The van der Waals surface area contributed by atoms with Crippen LogP contribution in [0.3, 0.4) is 0 Å². The number of rotatable bonds is 8. The molecule has 1 aromatic rings. The molecule has 0 spiro atoms. The molecule has 9 nitrogen and oxygen atoms in total. The highest BCUT2D eigenvalue weighted by Crippen LogP contribution is 2.32. The van der Waals surface area contributed by atoms with Crippen LogP contribution in [0.25, 0.3) is 0 Å². The Morgan fingerprint density at radius 3 is 2.42 bits per heavy atom. The smallest absolute Gasteiger partial charge is 0.253 e. The molecule has 0 aromatic heterocycles. The van der Waals surface area contributed by atoms with E-state index in [1.54, 1.807) is 35.2 Å². The van der Waals surface area contributed by atoms with Crippen molar-refractivity contribution in [3.05, 3.63) is 36.4 Å². The standard InChI is InChI=1S/C24H36N2O7/c1-14(2)26-16-9-7-8-10-18(16)33-13-15(23(26)31)25-22(30)21(32-6)20(29)19(28)17(27)11-12-24(3,4)5/h7-12,14-15,17,19-21,27-29H,13H2,1-6H3,(H,25,30)/b12-11+/t15?,17-,19?,20-,21-/m1/s1. The Bertz CT molecular complexity index is 849. The van der Waals surface area contributed by atoms with Gasteiger partial charge in [0, 0.05) is 13.2 Å². The van der Waals surface area contributed by atoms with E-state index in [1.165, 1.54) is 13.2 Å². The lowest BCUT2D eigenvalue weighted by Gasteiger charge is -2.30. The fourth-order valence-corrected chi connectivity index (χ4v) is 3.48. The molecule has 2 amide bonds. The third-order valence-corrected chi connectivity index (χ3v) is 5.21. The minimum Gasteiger partial charge on any atom is -0.489 e. The molecule has 4 N–H and O–H groups in total. The van der Waals surface area contributed by atoms with Gasteiger partial charge in [-0.2, -0.15) is 0 Å². The Balaban J connectivity index is 2.16. The second-order valence-corrected chi connectivity index (χ2v) is 9.50. The van der Waals surface area contributed by atoms with Crippen molar-refractivity contribution >= 4 is 17.5 Å². The molecule has 9 heteroatoms. The van der Waals surface area contributed by atoms with Crippen LogP contribution in [0.1, 0.15) is 34.6 Å². The van der Waals surface area contributed by atoms with Crippen molar-refractivity contribution in [2.75, 3.05) is 18.6 Å². The van der Waals surface area contributed by atoms with Gasteiger partial charge in [0.1, 0.15) is 36.7 Å². The van der Waals surface area contributed by atoms with Crippen molar-refractivity contribution in [3.63, 3.8) is 0 Å². The molecule has 0 aliphatic carbocycles. The summed E-state index contributed by atoms with van der Waals surface area (Å²) in [6, 6.07) is 5.85. The van der Waals surface area contributed by atoms with E-state index >= 15 is 0 Å². The number of aliphatic hydroxyl groups is 3. The number of benzene rings is 1. The normalized spacial score (nSPS) is 20.6. The van der Waals surface area contributed by atoms with Crippen LogP contribution in [-0.4, -0.2) is 77.4 Å². The predicted molar refractivity (Wildman–Crippen MR) is 124 cm³/mol. The number of methoxy groups -OCH3 is 1. The van der Waals surface area contributed by atoms with E-state index in [0.717, 1.165) is 0 Å². The number of amides is 2. The summed E-state index contributed by atoms with van der Waals surface area (Å²) >= 11 is 0. The van der Waals surface area contributed by atoms with Gasteiger partial charge < -0.3 is 35.0 Å². The average molecular weight is 465 g/mol. The highest BCUT2D eigenvalue weighted by atomic mass is 16.5. The lowest BCUT2D eigenvalue weighted by Crippen LogP contribution is -2.57. The van der Waals surface area contributed by atoms with Crippen LogP contribution in [0.2, 0.25) is 0 Å². The largest absolute Gasteiger partial charge is 0.489 e. The van der Waals surface area contributed by atoms with E-state index in [-0.39, 0.29) is 24.0 Å². The summed E-state index contributed by atoms with van der Waals surface area (Å²) < 4.78 is 10.9. The van der Waals surface area contributed by atoms with Crippen LogP contribution in [0.5, 0.6) is 5.75 Å². The van der Waals surface area contributed by atoms with Gasteiger partial charge >= 0.3 is 0 Å². The topological polar surface area (TPSA) is 129 Å². The summed E-state index contributed by atoms with van der Waals surface area (Å²) in [4.78, 5) is 27.7. The fourth-order valence-electron chi connectivity index (χ4n) is 3.48. The maximum absolute atomic E-state index is 13.2. The van der Waals surface area contributed by atoms with Crippen molar-refractivity contribution in [2.24, 2.45) is 5.41 Å². The molecule has 33 heavy (non-hydrogen) atoms. The number of hydrogen-bond donors (Lipinski definition) is 4. The second-order valence-electron chi connectivity index (χ2n) is 9.50. The van der Waals surface area contributed by atoms with Crippen LogP contribution in [0.4, 0.5) is 5.69 Å². The zero-order chi connectivity index (χ0) is 24.9. The minimum atomic E-state index is -1.74. The first-order valence-corrected chi connectivity index (χ1v) is 11.0. The summed E-state index contributed by atoms with van der Waals surface area (Å²) in [5.41, 5.74) is 0.352. The van der Waals surface area contributed by atoms with Crippen LogP contribution >= 0.6 is 0 Å². The van der Waals surface area contributed by atoms with E-state index in [2.05, 4.69) is 5.32 Å². The third-order valence-electron chi connectivity index (χ3n) is 5.21. The number of anilines is 1. The van der Waals surface area contributed by atoms with Crippen molar-refractivity contribution in [3.8, 4) is 5.75 Å². The molecule has 184 valence electrons. The zero-order valence-corrected chi connectivity index (χ0v) is 20.1. The molecule has 1 aromatic carbocycles. The van der Waals surface area contributed by atoms with Gasteiger partial charge in [-0.25, -0.2) is 0 Å². The van der Waals surface area contributed by atoms with E-state index < -0.39 is 36.4 Å². The summed E-state index contributed by atoms with van der Waals surface area (Å²) in [6.07, 6.45) is -3.32. The summed E-state index contributed by atoms with van der Waals surface area (Å²) in [6.45, 7) is 9.32. The highest BCUT2D eigenvalue weighted by molar-refractivity contribution is 6.01. The molecule has 0 radical (unpaired) electrons. The molecule has 0 saturated carbocycles. The van der Waals surface area contributed by atoms with Crippen LogP contribution in [0, 0.1) is 5.41 Å². The molecular formula is C24H36N2O7. The van der Waals surface area contributed by atoms with Gasteiger partial charge in [-0.1, -0.05) is 45.1 Å². The Kier molecular flexibility index (Phi) is 9.02. The number of carbonyl (C=O) groups excluding carboxylic acids is 2. The minimum absolute atomic E-state index is 0.114. The lowest BCUT2D eigenvalue weighted by molar-refractivity contribution is -0.150. The molecule has 1 heterocycles. The Morgan fingerprint density at radius 2 is 1.85 bits per heavy atom. The van der Waals surface area contributed by atoms with Gasteiger partial charge in [-0.15, -0.1) is 0 Å². The van der Waals surface area contributed by atoms with Crippen LogP contribution in [0.15, 0.2) is 36.4 Å². The Hall–Kier alpha value is -2.46. The first kappa shape index (κ1) is 26.8. The zero-order valence-electron chi connectivity index (χ0n) is 20.1. The molecule has 0 saturated heterocycles. The molecule has 2 unspecified atom stereocenters. The van der Waals surface area contributed by atoms with Gasteiger partial charge in [0.25, 0.3) is 11.8 Å². The van der Waals surface area contributed by atoms with E-state index in [4.69, 9.17) is 9.47 Å². The van der Waals surface area contributed by atoms with Crippen molar-refractivity contribution in [1.29, 1.82) is 0 Å². The van der Waals surface area contributed by atoms with Gasteiger partial charge in [0.2, 0.25) is 0 Å². The van der Waals surface area contributed by atoms with Gasteiger partial charge in [-0.05, 0) is 31.4 Å². The number of fused-ring (bicyclic) bond motifs is 1. The number of nitrogens with zero attached hydrogens (tertiary/aromatic N) is 1. The molecule has 1 aliphatic heterocycles. The molecule has 0 fully saturated rings. The Labute approximate surface area is 195 Å². The number of nitrogens with one attached hydrogen (secondary N) is 1. The first-order valence-electron chi connectivity index (χ1n) is 11.0. The number of allylic oxidation sites excluding steroid dienone is 1. The first-order chi connectivity index (χ1) is 15.4. The summed E-state index contributed by atoms with van der Waals surface area (Å²) in [7, 11) is 1.19. The van der Waals surface area contributed by atoms with Crippen LogP contribution in [-0.2, 0) is 14.3 Å². The lowest BCUT2D eigenvalue weighted by atomic mass is 9.94. The van der Waals surface area contributed by atoms with Crippen molar-refractivity contribution in [1.82, 2.24) is 5.32 Å². The number of para-hydroxylation sites is 2. The Morgan fingerprint density at radius 1 is 1.21 bits per heavy atom. The number of hydrogen-bond acceptors (Lipinski definition) is 7. The van der Waals surface area contributed by atoms with E-state index in [1.807, 2.05) is 34.6 Å². The molecular weight excluding hydrogens is 428 g/mol. The van der Waals surface area contributed by atoms with Crippen molar-refractivity contribution in [2.45, 2.75) is 71.1 Å². The van der Waals surface area contributed by atoms with Gasteiger partial charge in [0.05, 0.1) is 5.69 Å². The maximum Gasteiger partial charge on any atom is 0.253 e. The monoisotopic (exact) mass is 464 g/mol. The third kappa shape index (κ3) is 6.77. The quantitative estimate of drug-likeness (QED) is 0.423.